The van der Waals surface area contributed by atoms with Crippen LogP contribution in [0.1, 0.15) is 129 Å². The Kier molecular flexibility index (Phi) is 17.0. The first-order valence-electron chi connectivity index (χ1n) is 15.0. The molecule has 1 atom stereocenters. The summed E-state index contributed by atoms with van der Waals surface area (Å²) in [5, 5.41) is 0. The van der Waals surface area contributed by atoms with Crippen LogP contribution >= 0.6 is 0 Å². The summed E-state index contributed by atoms with van der Waals surface area (Å²) in [6.45, 7) is 4.61. The van der Waals surface area contributed by atoms with E-state index in [1.54, 1.807) is 6.20 Å². The second-order valence-electron chi connectivity index (χ2n) is 10.5. The fraction of sp³-hybridized carbons (Fsp3) is 0.667. The molecule has 0 saturated heterocycles. The van der Waals surface area contributed by atoms with Crippen molar-refractivity contribution in [3.05, 3.63) is 48.2 Å². The third kappa shape index (κ3) is 14.0. The Balaban J connectivity index is 1.59. The van der Waals surface area contributed by atoms with E-state index in [4.69, 9.17) is 4.74 Å². The van der Waals surface area contributed by atoms with Crippen LogP contribution in [0.5, 0.6) is 5.75 Å². The van der Waals surface area contributed by atoms with Crippen LogP contribution in [0.3, 0.4) is 0 Å². The van der Waals surface area contributed by atoms with Crippen LogP contribution in [0, 0.1) is 0 Å². The number of rotatable bonds is 22. The van der Waals surface area contributed by atoms with Crippen LogP contribution in [0.4, 0.5) is 4.39 Å². The highest BCUT2D eigenvalue weighted by Gasteiger charge is 2.08. The van der Waals surface area contributed by atoms with Crippen LogP contribution < -0.4 is 4.74 Å². The molecule has 0 radical (unpaired) electrons. The van der Waals surface area contributed by atoms with Crippen LogP contribution in [0.25, 0.3) is 11.3 Å². The first kappa shape index (κ1) is 30.3. The highest BCUT2D eigenvalue weighted by Crippen LogP contribution is 2.22. The van der Waals surface area contributed by atoms with E-state index >= 15 is 0 Å². The van der Waals surface area contributed by atoms with E-state index in [9.17, 15) is 4.39 Å². The Morgan fingerprint density at radius 1 is 0.667 bits per heavy atom. The molecule has 0 aliphatic heterocycles. The van der Waals surface area contributed by atoms with Gasteiger partial charge in [0.05, 0.1) is 11.9 Å². The lowest BCUT2D eigenvalue weighted by Crippen LogP contribution is -2.12. The van der Waals surface area contributed by atoms with Crippen LogP contribution in [0.2, 0.25) is 0 Å². The molecule has 2 nitrogen and oxygen atoms in total. The monoisotopic (exact) mass is 497 g/mol. The number of ether oxygens (including phenoxy) is 1. The predicted octanol–water partition coefficient (Wildman–Crippen LogP) is 10.7. The zero-order valence-electron chi connectivity index (χ0n) is 23.3. The van der Waals surface area contributed by atoms with Gasteiger partial charge in [0.25, 0.3) is 0 Å². The minimum Gasteiger partial charge on any atom is -0.489 e. The summed E-state index contributed by atoms with van der Waals surface area (Å²) in [5.74, 6) is 0.641. The van der Waals surface area contributed by atoms with Gasteiger partial charge >= 0.3 is 0 Å². The fourth-order valence-corrected chi connectivity index (χ4v) is 4.71. The third-order valence-electron chi connectivity index (χ3n) is 7.11. The number of aryl methyl sites for hydroxylation is 1. The summed E-state index contributed by atoms with van der Waals surface area (Å²) >= 11 is 0. The van der Waals surface area contributed by atoms with Gasteiger partial charge in [-0.15, -0.1) is 0 Å². The molecule has 1 heterocycles. The van der Waals surface area contributed by atoms with Crippen molar-refractivity contribution in [2.75, 3.05) is 6.61 Å². The van der Waals surface area contributed by atoms with Crippen molar-refractivity contribution in [1.82, 2.24) is 4.98 Å². The lowest BCUT2D eigenvalue weighted by atomic mass is 10.0. The lowest BCUT2D eigenvalue weighted by Gasteiger charge is -2.11. The summed E-state index contributed by atoms with van der Waals surface area (Å²) in [5.41, 5.74) is 3.44. The quantitative estimate of drug-likeness (QED) is 0.151. The van der Waals surface area contributed by atoms with Gasteiger partial charge in [0.1, 0.15) is 18.5 Å². The molecule has 0 N–H and O–H groups in total. The first-order valence-corrected chi connectivity index (χ1v) is 15.0. The number of benzene rings is 1. The zero-order chi connectivity index (χ0) is 25.7. The molecule has 202 valence electrons. The van der Waals surface area contributed by atoms with Gasteiger partial charge in [-0.05, 0) is 37.0 Å². The van der Waals surface area contributed by atoms with Crippen molar-refractivity contribution in [1.29, 1.82) is 0 Å². The normalized spacial score (nSPS) is 12.1. The Labute approximate surface area is 221 Å². The van der Waals surface area contributed by atoms with Gasteiger partial charge < -0.3 is 4.74 Å². The highest BCUT2D eigenvalue weighted by atomic mass is 19.1. The van der Waals surface area contributed by atoms with Crippen LogP contribution in [0.15, 0.2) is 42.6 Å². The molecule has 0 bridgehead atoms. The topological polar surface area (TPSA) is 22.1 Å². The van der Waals surface area contributed by atoms with Crippen LogP contribution in [-0.4, -0.2) is 17.8 Å². The van der Waals surface area contributed by atoms with Crippen LogP contribution in [-0.2, 0) is 6.42 Å². The van der Waals surface area contributed by atoms with Crippen molar-refractivity contribution in [2.45, 2.75) is 136 Å². The maximum atomic E-state index is 14.1. The van der Waals surface area contributed by atoms with E-state index in [1.807, 2.05) is 12.1 Å². The predicted molar refractivity (Wildman–Crippen MR) is 154 cm³/mol. The molecule has 1 aromatic heterocycles. The molecule has 0 saturated carbocycles. The van der Waals surface area contributed by atoms with Crippen molar-refractivity contribution in [3.63, 3.8) is 0 Å². The summed E-state index contributed by atoms with van der Waals surface area (Å²) in [7, 11) is 0. The van der Waals surface area contributed by atoms with E-state index in [0.717, 1.165) is 30.5 Å². The molecule has 36 heavy (non-hydrogen) atoms. The van der Waals surface area contributed by atoms with Gasteiger partial charge in [-0.25, -0.2) is 4.39 Å². The molecular formula is C33H52FNO. The highest BCUT2D eigenvalue weighted by molar-refractivity contribution is 5.59. The molecule has 0 aliphatic carbocycles. The van der Waals surface area contributed by atoms with Crippen molar-refractivity contribution >= 4 is 0 Å². The first-order chi connectivity index (χ1) is 17.7. The number of unbranched alkanes of at least 4 members (excludes halogenated alkanes) is 14. The number of pyridine rings is 1. The van der Waals surface area contributed by atoms with Crippen molar-refractivity contribution in [2.24, 2.45) is 0 Å². The van der Waals surface area contributed by atoms with Gasteiger partial charge in [-0.1, -0.05) is 134 Å². The Morgan fingerprint density at radius 3 is 1.78 bits per heavy atom. The maximum Gasteiger partial charge on any atom is 0.137 e. The summed E-state index contributed by atoms with van der Waals surface area (Å²) < 4.78 is 19.8. The average Bonchev–Trinajstić information content (AvgIpc) is 2.91. The fourth-order valence-electron chi connectivity index (χ4n) is 4.71. The molecule has 3 heteroatoms. The maximum absolute atomic E-state index is 14.1. The van der Waals surface area contributed by atoms with Gasteiger partial charge in [-0.3, -0.25) is 4.98 Å². The minimum atomic E-state index is -0.904. The number of hydrogen-bond donors (Lipinski definition) is 0. The van der Waals surface area contributed by atoms with E-state index in [2.05, 4.69) is 43.1 Å². The molecule has 1 aromatic carbocycles. The zero-order valence-corrected chi connectivity index (χ0v) is 23.3. The molecule has 0 fully saturated rings. The Morgan fingerprint density at radius 2 is 1.22 bits per heavy atom. The van der Waals surface area contributed by atoms with E-state index in [1.165, 1.54) is 95.5 Å². The number of halogens is 1. The number of hydrogen-bond acceptors (Lipinski definition) is 2. The van der Waals surface area contributed by atoms with Gasteiger partial charge in [-0.2, -0.15) is 0 Å². The van der Waals surface area contributed by atoms with E-state index < -0.39 is 6.17 Å². The Hall–Kier alpha value is -1.90. The third-order valence-corrected chi connectivity index (χ3v) is 7.11. The van der Waals surface area contributed by atoms with Gasteiger partial charge in [0, 0.05) is 5.56 Å². The van der Waals surface area contributed by atoms with Crippen molar-refractivity contribution < 1.29 is 9.13 Å². The van der Waals surface area contributed by atoms with Gasteiger partial charge in [0.15, 0.2) is 0 Å². The number of alkyl halides is 1. The standard InChI is InChI=1S/C33H52FNO/c1-3-5-7-9-11-12-13-14-15-17-19-29-21-23-30(24-22-29)33-26-25-32(27-35-33)36-28-31(34)20-18-16-10-8-6-4-2/h21-27,31H,3-20,28H2,1-2H3. The van der Waals surface area contributed by atoms with E-state index in [-0.39, 0.29) is 6.61 Å². The molecule has 2 rings (SSSR count). The number of aromatic nitrogens is 1. The second kappa shape index (κ2) is 20.2. The summed E-state index contributed by atoms with van der Waals surface area (Å²) in [6.07, 6.45) is 23.4. The molecule has 0 amide bonds. The van der Waals surface area contributed by atoms with Crippen molar-refractivity contribution in [3.8, 4) is 17.0 Å². The largest absolute Gasteiger partial charge is 0.489 e. The van der Waals surface area contributed by atoms with E-state index in [0.29, 0.717) is 12.2 Å². The SMILES string of the molecule is CCCCCCCCCCCCc1ccc(-c2ccc(OCC(F)CCCCCCCC)cn2)cc1. The molecule has 1 unspecified atom stereocenters. The van der Waals surface area contributed by atoms with Gasteiger partial charge in [0.2, 0.25) is 0 Å². The molecule has 0 aliphatic rings. The molecular weight excluding hydrogens is 445 g/mol. The summed E-state index contributed by atoms with van der Waals surface area (Å²) in [6, 6.07) is 12.6. The minimum absolute atomic E-state index is 0.115. The molecule has 2 aromatic rings. The number of nitrogens with zero attached hydrogens (tertiary/aromatic N) is 1. The average molecular weight is 498 g/mol. The molecule has 0 spiro atoms. The second-order valence-corrected chi connectivity index (χ2v) is 10.5. The smallest absolute Gasteiger partial charge is 0.137 e. The lowest BCUT2D eigenvalue weighted by molar-refractivity contribution is 0.183. The Bertz CT molecular complexity index is 758. The summed E-state index contributed by atoms with van der Waals surface area (Å²) in [4.78, 5) is 4.54.